The smallest absolute Gasteiger partial charge is 0.408 e. The third-order valence-corrected chi connectivity index (χ3v) is 4.12. The Labute approximate surface area is 135 Å². The molecule has 5 nitrogen and oxygen atoms in total. The molecule has 2 heterocycles. The number of aromatic amines is 1. The normalized spacial score (nSPS) is 11.4. The summed E-state index contributed by atoms with van der Waals surface area (Å²) in [6.07, 6.45) is 0. The maximum absolute atomic E-state index is 12.6. The molecule has 114 valence electrons. The van der Waals surface area contributed by atoms with Crippen LogP contribution in [0.4, 0.5) is 0 Å². The zero-order valence-corrected chi connectivity index (χ0v) is 12.8. The van der Waals surface area contributed by atoms with E-state index in [-0.39, 0.29) is 5.78 Å². The number of carbonyl (C=O) groups is 1. The van der Waals surface area contributed by atoms with Gasteiger partial charge in [0.05, 0.1) is 11.2 Å². The first-order valence-corrected chi connectivity index (χ1v) is 7.33. The number of halogens is 1. The predicted molar refractivity (Wildman–Crippen MR) is 88.2 cm³/mol. The van der Waals surface area contributed by atoms with Gasteiger partial charge in [-0.3, -0.25) is 9.36 Å². The number of rotatable bonds is 2. The molecule has 2 aromatic heterocycles. The molecule has 1 N–H and O–H groups in total. The van der Waals surface area contributed by atoms with Crippen molar-refractivity contribution in [2.45, 2.75) is 0 Å². The molecule has 0 saturated heterocycles. The van der Waals surface area contributed by atoms with E-state index in [0.29, 0.717) is 27.4 Å². The fraction of sp³-hybridized carbons (Fsp3) is 0.0588. The summed E-state index contributed by atoms with van der Waals surface area (Å²) in [5.41, 5.74) is 2.78. The number of H-pyrrole nitrogens is 1. The lowest BCUT2D eigenvalue weighted by Crippen LogP contribution is -2.08. The van der Waals surface area contributed by atoms with Gasteiger partial charge in [0.15, 0.2) is 5.58 Å². The van der Waals surface area contributed by atoms with E-state index in [4.69, 9.17) is 16.0 Å². The van der Waals surface area contributed by atoms with Crippen LogP contribution in [0.2, 0.25) is 5.02 Å². The number of aryl methyl sites for hydroxylation is 1. The molecule has 0 saturated carbocycles. The van der Waals surface area contributed by atoms with E-state index in [2.05, 4.69) is 4.98 Å². The van der Waals surface area contributed by atoms with Crippen LogP contribution >= 0.6 is 11.6 Å². The third kappa shape index (κ3) is 2.17. The molecule has 2 aromatic carbocycles. The number of oxazole rings is 1. The number of benzene rings is 2. The first kappa shape index (κ1) is 13.8. The van der Waals surface area contributed by atoms with E-state index in [1.165, 1.54) is 4.57 Å². The molecule has 0 unspecified atom stereocenters. The minimum atomic E-state index is -0.454. The lowest BCUT2D eigenvalue weighted by Gasteiger charge is -1.98. The minimum Gasteiger partial charge on any atom is -0.408 e. The van der Waals surface area contributed by atoms with Crippen molar-refractivity contribution in [3.05, 3.63) is 69.3 Å². The first-order chi connectivity index (χ1) is 11.0. The Morgan fingerprint density at radius 3 is 2.83 bits per heavy atom. The van der Waals surface area contributed by atoms with Crippen molar-refractivity contribution in [1.82, 2.24) is 9.55 Å². The molecule has 0 fully saturated rings. The quantitative estimate of drug-likeness (QED) is 0.573. The lowest BCUT2D eigenvalue weighted by molar-refractivity contribution is 0.103. The molecule has 0 bridgehead atoms. The Morgan fingerprint density at radius 2 is 2.00 bits per heavy atom. The van der Waals surface area contributed by atoms with Gasteiger partial charge < -0.3 is 9.40 Å². The largest absolute Gasteiger partial charge is 0.419 e. The van der Waals surface area contributed by atoms with Gasteiger partial charge >= 0.3 is 5.76 Å². The number of aromatic nitrogens is 2. The average Bonchev–Trinajstić information content (AvgIpc) is 3.07. The Balaban J connectivity index is 1.82. The molecule has 6 heteroatoms. The highest BCUT2D eigenvalue weighted by Crippen LogP contribution is 2.22. The predicted octanol–water partition coefficient (Wildman–Crippen LogP) is 3.50. The van der Waals surface area contributed by atoms with Crippen molar-refractivity contribution in [1.29, 1.82) is 0 Å². The number of nitrogens with one attached hydrogen (secondary N) is 1. The highest BCUT2D eigenvalue weighted by molar-refractivity contribution is 6.31. The Morgan fingerprint density at radius 1 is 1.17 bits per heavy atom. The summed E-state index contributed by atoms with van der Waals surface area (Å²) in [7, 11) is 1.62. The number of hydrogen-bond acceptors (Lipinski definition) is 3. The standard InChI is InChI=1S/C17H11ClN2O3/c1-20-14-5-2-9(8-15(14)23-17(20)22)16(21)13-7-10-6-11(18)3-4-12(10)19-13/h2-8,19H,1H3. The monoisotopic (exact) mass is 326 g/mol. The maximum Gasteiger partial charge on any atom is 0.419 e. The van der Waals surface area contributed by atoms with E-state index in [9.17, 15) is 9.59 Å². The lowest BCUT2D eigenvalue weighted by atomic mass is 10.1. The van der Waals surface area contributed by atoms with Crippen LogP contribution in [-0.2, 0) is 7.05 Å². The van der Waals surface area contributed by atoms with E-state index >= 15 is 0 Å². The highest BCUT2D eigenvalue weighted by Gasteiger charge is 2.15. The number of nitrogens with zero attached hydrogens (tertiary/aromatic N) is 1. The molecule has 4 rings (SSSR count). The van der Waals surface area contributed by atoms with Gasteiger partial charge in [0, 0.05) is 28.5 Å². The van der Waals surface area contributed by atoms with Gasteiger partial charge in [-0.2, -0.15) is 0 Å². The summed E-state index contributed by atoms with van der Waals surface area (Å²) >= 11 is 5.96. The summed E-state index contributed by atoms with van der Waals surface area (Å²) in [6.45, 7) is 0. The van der Waals surface area contributed by atoms with Gasteiger partial charge in [-0.15, -0.1) is 0 Å². The minimum absolute atomic E-state index is 0.175. The topological polar surface area (TPSA) is 68.0 Å². The molecule has 0 spiro atoms. The Kier molecular flexibility index (Phi) is 2.92. The van der Waals surface area contributed by atoms with Gasteiger partial charge in [-0.1, -0.05) is 11.6 Å². The van der Waals surface area contributed by atoms with Gasteiger partial charge in [0.1, 0.15) is 0 Å². The Bertz CT molecular complexity index is 1130. The van der Waals surface area contributed by atoms with Crippen molar-refractivity contribution >= 4 is 39.4 Å². The van der Waals surface area contributed by atoms with Crippen LogP contribution in [-0.4, -0.2) is 15.3 Å². The second-order valence-electron chi connectivity index (χ2n) is 5.35. The highest BCUT2D eigenvalue weighted by atomic mass is 35.5. The van der Waals surface area contributed by atoms with Crippen molar-refractivity contribution in [2.75, 3.05) is 0 Å². The van der Waals surface area contributed by atoms with Crippen LogP contribution in [0.5, 0.6) is 0 Å². The summed E-state index contributed by atoms with van der Waals surface area (Å²) in [5, 5.41) is 1.48. The SMILES string of the molecule is Cn1c(=O)oc2cc(C(=O)c3cc4cc(Cl)ccc4[nH]3)ccc21. The van der Waals surface area contributed by atoms with Crippen molar-refractivity contribution in [3.8, 4) is 0 Å². The third-order valence-electron chi connectivity index (χ3n) is 3.88. The summed E-state index contributed by atoms with van der Waals surface area (Å²) in [4.78, 5) is 27.3. The maximum atomic E-state index is 12.6. The van der Waals surface area contributed by atoms with Gasteiger partial charge in [0.2, 0.25) is 5.78 Å². The molecule has 0 atom stereocenters. The summed E-state index contributed by atoms with van der Waals surface area (Å²) < 4.78 is 6.52. The van der Waals surface area contributed by atoms with E-state index in [0.717, 1.165) is 10.9 Å². The average molecular weight is 327 g/mol. The summed E-state index contributed by atoms with van der Waals surface area (Å²) in [5.74, 6) is -0.629. The number of hydrogen-bond donors (Lipinski definition) is 1. The first-order valence-electron chi connectivity index (χ1n) is 6.95. The molecule has 4 aromatic rings. The molecular weight excluding hydrogens is 316 g/mol. The molecule has 0 aliphatic rings. The molecule has 0 radical (unpaired) electrons. The number of carbonyl (C=O) groups excluding carboxylic acids is 1. The van der Waals surface area contributed by atoms with Crippen LogP contribution in [0, 0.1) is 0 Å². The van der Waals surface area contributed by atoms with Gasteiger partial charge in [-0.05, 0) is 42.5 Å². The zero-order valence-electron chi connectivity index (χ0n) is 12.1. The van der Waals surface area contributed by atoms with E-state index < -0.39 is 5.76 Å². The van der Waals surface area contributed by atoms with Crippen LogP contribution in [0.1, 0.15) is 16.1 Å². The van der Waals surface area contributed by atoms with Crippen LogP contribution < -0.4 is 5.76 Å². The Hall–Kier alpha value is -2.79. The number of fused-ring (bicyclic) bond motifs is 2. The van der Waals surface area contributed by atoms with Crippen molar-refractivity contribution in [3.63, 3.8) is 0 Å². The van der Waals surface area contributed by atoms with Gasteiger partial charge in [-0.25, -0.2) is 4.79 Å². The second kappa shape index (κ2) is 4.86. The molecule has 23 heavy (non-hydrogen) atoms. The van der Waals surface area contributed by atoms with Crippen molar-refractivity contribution in [2.24, 2.45) is 7.05 Å². The van der Waals surface area contributed by atoms with Crippen LogP contribution in [0.15, 0.2) is 51.7 Å². The van der Waals surface area contributed by atoms with Gasteiger partial charge in [0.25, 0.3) is 0 Å². The fourth-order valence-electron chi connectivity index (χ4n) is 2.66. The molecule has 0 aliphatic heterocycles. The van der Waals surface area contributed by atoms with Crippen LogP contribution in [0.3, 0.4) is 0 Å². The van der Waals surface area contributed by atoms with E-state index in [1.807, 2.05) is 6.07 Å². The molecule has 0 aliphatic carbocycles. The molecular formula is C17H11ClN2O3. The van der Waals surface area contributed by atoms with Crippen LogP contribution in [0.25, 0.3) is 22.0 Å². The van der Waals surface area contributed by atoms with E-state index in [1.54, 1.807) is 43.4 Å². The van der Waals surface area contributed by atoms with Crippen molar-refractivity contribution < 1.29 is 9.21 Å². The molecule has 0 amide bonds. The second-order valence-corrected chi connectivity index (χ2v) is 5.79. The number of ketones is 1. The zero-order chi connectivity index (χ0) is 16.1. The fourth-order valence-corrected chi connectivity index (χ4v) is 2.84. The summed E-state index contributed by atoms with van der Waals surface area (Å²) in [6, 6.07) is 12.1.